The second kappa shape index (κ2) is 10.3. The van der Waals surface area contributed by atoms with Crippen LogP contribution in [0.15, 0.2) is 42.6 Å². The number of aliphatic hydroxyl groups excluding tert-OH is 1. The summed E-state index contributed by atoms with van der Waals surface area (Å²) in [6.45, 7) is 3.39. The number of nitrogens with one attached hydrogen (secondary N) is 1. The zero-order valence-electron chi connectivity index (χ0n) is 21.5. The molecule has 2 fully saturated rings. The molecule has 8 nitrogen and oxygen atoms in total. The first-order valence-corrected chi connectivity index (χ1v) is 13.3. The number of morpholine rings is 1. The number of fused-ring (bicyclic) bond motifs is 1. The molecule has 3 aliphatic rings. The van der Waals surface area contributed by atoms with Gasteiger partial charge in [-0.2, -0.15) is 18.2 Å². The van der Waals surface area contributed by atoms with Gasteiger partial charge < -0.3 is 25.0 Å². The van der Waals surface area contributed by atoms with E-state index in [2.05, 4.69) is 15.2 Å². The topological polar surface area (TPSA) is 86.6 Å². The number of aliphatic hydroxyl groups is 1. The molecule has 206 valence electrons. The van der Waals surface area contributed by atoms with Gasteiger partial charge in [0.05, 0.1) is 31.1 Å². The van der Waals surface area contributed by atoms with Crippen LogP contribution in [0, 0.1) is 0 Å². The Morgan fingerprint density at radius 1 is 0.949 bits per heavy atom. The summed E-state index contributed by atoms with van der Waals surface area (Å²) >= 11 is 0. The van der Waals surface area contributed by atoms with Crippen molar-refractivity contribution < 1.29 is 23.0 Å². The van der Waals surface area contributed by atoms with Crippen molar-refractivity contribution in [3.8, 4) is 0 Å². The molecule has 6 rings (SSSR count). The summed E-state index contributed by atoms with van der Waals surface area (Å²) in [7, 11) is 0. The van der Waals surface area contributed by atoms with Crippen molar-refractivity contribution in [1.29, 1.82) is 0 Å². The fourth-order valence-electron chi connectivity index (χ4n) is 5.41. The SMILES string of the molecule is OCC1(c2ccc(Nc3nc(N4CCOCC4)nc4c3CCN(c3ncccc3C(F)(F)F)CC4)cc2)CC1. The van der Waals surface area contributed by atoms with Crippen molar-refractivity contribution in [3.05, 3.63) is 65.0 Å². The number of alkyl halides is 3. The number of rotatable bonds is 6. The lowest BCUT2D eigenvalue weighted by atomic mass is 9.97. The average molecular weight is 541 g/mol. The van der Waals surface area contributed by atoms with Crippen molar-refractivity contribution in [1.82, 2.24) is 15.0 Å². The highest BCUT2D eigenvalue weighted by molar-refractivity contribution is 5.63. The highest BCUT2D eigenvalue weighted by atomic mass is 19.4. The predicted molar refractivity (Wildman–Crippen MR) is 142 cm³/mol. The van der Waals surface area contributed by atoms with Gasteiger partial charge in [0.25, 0.3) is 0 Å². The average Bonchev–Trinajstić information content (AvgIpc) is 3.78. The maximum atomic E-state index is 13.7. The van der Waals surface area contributed by atoms with Gasteiger partial charge in [-0.15, -0.1) is 0 Å². The van der Waals surface area contributed by atoms with E-state index in [9.17, 15) is 18.3 Å². The lowest BCUT2D eigenvalue weighted by Gasteiger charge is -2.28. The van der Waals surface area contributed by atoms with Gasteiger partial charge in [0.1, 0.15) is 11.6 Å². The first kappa shape index (κ1) is 25.8. The van der Waals surface area contributed by atoms with Crippen molar-refractivity contribution in [2.24, 2.45) is 0 Å². The molecule has 3 aromatic rings. The maximum Gasteiger partial charge on any atom is 0.419 e. The molecule has 0 bridgehead atoms. The second-order valence-corrected chi connectivity index (χ2v) is 10.4. The highest BCUT2D eigenvalue weighted by Gasteiger charge is 2.43. The summed E-state index contributed by atoms with van der Waals surface area (Å²) < 4.78 is 46.7. The minimum atomic E-state index is -4.49. The Kier molecular flexibility index (Phi) is 6.80. The first-order valence-electron chi connectivity index (χ1n) is 13.3. The molecule has 39 heavy (non-hydrogen) atoms. The molecule has 2 aromatic heterocycles. The minimum Gasteiger partial charge on any atom is -0.395 e. The van der Waals surface area contributed by atoms with Crippen LogP contribution in [0.4, 0.5) is 36.4 Å². The second-order valence-electron chi connectivity index (χ2n) is 10.4. The van der Waals surface area contributed by atoms with Crippen LogP contribution < -0.4 is 15.1 Å². The molecule has 0 radical (unpaired) electrons. The quantitative estimate of drug-likeness (QED) is 0.484. The van der Waals surface area contributed by atoms with Gasteiger partial charge in [-0.25, -0.2) is 9.97 Å². The molecule has 1 saturated heterocycles. The van der Waals surface area contributed by atoms with Crippen molar-refractivity contribution in [2.75, 3.05) is 61.1 Å². The van der Waals surface area contributed by atoms with Crippen LogP contribution in [0.3, 0.4) is 0 Å². The summed E-state index contributed by atoms with van der Waals surface area (Å²) in [4.78, 5) is 17.7. The van der Waals surface area contributed by atoms with Gasteiger partial charge in [-0.05, 0) is 49.1 Å². The Hall–Kier alpha value is -3.44. The van der Waals surface area contributed by atoms with Crippen molar-refractivity contribution in [2.45, 2.75) is 37.3 Å². The lowest BCUT2D eigenvalue weighted by Crippen LogP contribution is -2.37. The molecule has 1 aromatic carbocycles. The van der Waals surface area contributed by atoms with Gasteiger partial charge in [0.2, 0.25) is 5.95 Å². The fourth-order valence-corrected chi connectivity index (χ4v) is 5.41. The Bertz CT molecular complexity index is 1320. The number of hydrogen-bond acceptors (Lipinski definition) is 8. The van der Waals surface area contributed by atoms with E-state index in [0.29, 0.717) is 64.0 Å². The van der Waals surface area contributed by atoms with Crippen LogP contribution in [-0.4, -0.2) is 66.1 Å². The van der Waals surface area contributed by atoms with Crippen LogP contribution in [-0.2, 0) is 29.2 Å². The van der Waals surface area contributed by atoms with E-state index < -0.39 is 11.7 Å². The van der Waals surface area contributed by atoms with E-state index in [4.69, 9.17) is 14.7 Å². The third-order valence-corrected chi connectivity index (χ3v) is 7.93. The summed E-state index contributed by atoms with van der Waals surface area (Å²) in [5.74, 6) is 1.20. The monoisotopic (exact) mass is 540 g/mol. The van der Waals surface area contributed by atoms with E-state index in [0.717, 1.165) is 41.4 Å². The fraction of sp³-hybridized carbons (Fsp3) is 0.464. The van der Waals surface area contributed by atoms with Gasteiger partial charge in [-0.1, -0.05) is 12.1 Å². The van der Waals surface area contributed by atoms with Gasteiger partial charge in [0, 0.05) is 55.5 Å². The van der Waals surface area contributed by atoms with E-state index in [1.54, 1.807) is 4.90 Å². The molecule has 0 atom stereocenters. The van der Waals surface area contributed by atoms with Crippen LogP contribution in [0.5, 0.6) is 0 Å². The first-order chi connectivity index (χ1) is 18.9. The molecule has 1 saturated carbocycles. The molecular weight excluding hydrogens is 509 g/mol. The minimum absolute atomic E-state index is 0.0536. The van der Waals surface area contributed by atoms with Crippen LogP contribution in [0.1, 0.15) is 35.2 Å². The Morgan fingerprint density at radius 2 is 1.69 bits per heavy atom. The third-order valence-electron chi connectivity index (χ3n) is 7.93. The summed E-state index contributed by atoms with van der Waals surface area (Å²) in [6, 6.07) is 10.4. The highest BCUT2D eigenvalue weighted by Crippen LogP contribution is 2.48. The molecule has 1 aliphatic carbocycles. The molecular formula is C28H31F3N6O2. The maximum absolute atomic E-state index is 13.7. The molecule has 2 N–H and O–H groups in total. The molecule has 11 heteroatoms. The number of ether oxygens (including phenoxy) is 1. The van der Waals surface area contributed by atoms with Crippen molar-refractivity contribution in [3.63, 3.8) is 0 Å². The van der Waals surface area contributed by atoms with Crippen LogP contribution in [0.2, 0.25) is 0 Å². The predicted octanol–water partition coefficient (Wildman–Crippen LogP) is 4.10. The number of nitrogens with zero attached hydrogens (tertiary/aromatic N) is 5. The molecule has 0 amide bonds. The lowest BCUT2D eigenvalue weighted by molar-refractivity contribution is -0.137. The van der Waals surface area contributed by atoms with E-state index in [-0.39, 0.29) is 17.8 Å². The molecule has 0 unspecified atom stereocenters. The normalized spacial score (nSPS) is 18.9. The number of pyridine rings is 1. The molecule has 4 heterocycles. The Balaban J connectivity index is 1.31. The Morgan fingerprint density at radius 3 is 2.38 bits per heavy atom. The largest absolute Gasteiger partial charge is 0.419 e. The van der Waals surface area contributed by atoms with Crippen molar-refractivity contribution >= 4 is 23.3 Å². The van der Waals surface area contributed by atoms with Gasteiger partial charge >= 0.3 is 6.18 Å². The standard InChI is InChI=1S/C28H31F3N6O2/c29-28(30,31)22-2-1-11-32-25(22)36-12-7-21-23(8-13-36)34-26(37-14-16-39-17-15-37)35-24(21)33-20-5-3-19(4-6-20)27(18-38)9-10-27/h1-6,11,38H,7-10,12-18H2,(H,33,34,35). The number of benzene rings is 1. The van der Waals surface area contributed by atoms with Crippen LogP contribution in [0.25, 0.3) is 0 Å². The number of halogens is 3. The number of aromatic nitrogens is 3. The Labute approximate surface area is 224 Å². The smallest absolute Gasteiger partial charge is 0.395 e. The number of anilines is 4. The van der Waals surface area contributed by atoms with E-state index in [1.807, 2.05) is 24.3 Å². The van der Waals surface area contributed by atoms with E-state index >= 15 is 0 Å². The number of hydrogen-bond donors (Lipinski definition) is 2. The zero-order chi connectivity index (χ0) is 27.0. The van der Waals surface area contributed by atoms with Gasteiger partial charge in [-0.3, -0.25) is 0 Å². The van der Waals surface area contributed by atoms with Gasteiger partial charge in [0.15, 0.2) is 0 Å². The molecule has 2 aliphatic heterocycles. The molecule has 0 spiro atoms. The summed E-state index contributed by atoms with van der Waals surface area (Å²) in [5.41, 5.74) is 2.86. The zero-order valence-corrected chi connectivity index (χ0v) is 21.5. The van der Waals surface area contributed by atoms with E-state index in [1.165, 1.54) is 12.3 Å². The third kappa shape index (κ3) is 5.25. The van der Waals surface area contributed by atoms with Crippen LogP contribution >= 0.6 is 0 Å². The summed E-state index contributed by atoms with van der Waals surface area (Å²) in [5, 5.41) is 13.2. The summed E-state index contributed by atoms with van der Waals surface area (Å²) in [6.07, 6.45) is -0.169.